The quantitative estimate of drug-likeness (QED) is 0.0231. The molecule has 0 fully saturated rings. The number of benzene rings is 1. The lowest BCUT2D eigenvalue weighted by Gasteiger charge is -2.25. The third-order valence-corrected chi connectivity index (χ3v) is 6.96. The van der Waals surface area contributed by atoms with Gasteiger partial charge in [0.05, 0.1) is 6.61 Å². The van der Waals surface area contributed by atoms with Crippen molar-refractivity contribution < 1.29 is 33.8 Å². The minimum absolute atomic E-state index is 0.0107. The molecule has 5 atom stereocenters. The van der Waals surface area contributed by atoms with Crippen molar-refractivity contribution in [2.24, 2.45) is 22.2 Å². The summed E-state index contributed by atoms with van der Waals surface area (Å²) in [5.41, 5.74) is 18.0. The van der Waals surface area contributed by atoms with Crippen molar-refractivity contribution in [3.05, 3.63) is 48.7 Å². The van der Waals surface area contributed by atoms with E-state index in [0.717, 1.165) is 16.5 Å². The number of nitrogens with one attached hydrogen (secondary N) is 4. The molecule has 0 spiro atoms. The predicted molar refractivity (Wildman–Crippen MR) is 167 cm³/mol. The topological polar surface area (TPSA) is 257 Å². The van der Waals surface area contributed by atoms with Crippen molar-refractivity contribution in [3.63, 3.8) is 0 Å². The molecule has 0 unspecified atom stereocenters. The van der Waals surface area contributed by atoms with E-state index in [9.17, 15) is 29.1 Å². The second-order valence-electron chi connectivity index (χ2n) is 9.76. The number of aromatic amines is 1. The number of hydrogen-bond acceptors (Lipinski definition) is 9. The number of aromatic nitrogens is 1. The average Bonchev–Trinajstić information content (AvgIpc) is 3.39. The van der Waals surface area contributed by atoms with E-state index < -0.39 is 59.1 Å². The number of hydrogen-bond donors (Lipinski definition) is 9. The first kappa shape index (κ1) is 35.6. The summed E-state index contributed by atoms with van der Waals surface area (Å²) in [6.45, 7) is 5.28. The predicted octanol–water partition coefficient (Wildman–Crippen LogP) is -1.50. The van der Waals surface area contributed by atoms with E-state index in [2.05, 4.69) is 45.1 Å². The smallest absolute Gasteiger partial charge is 0.322 e. The lowest BCUT2D eigenvalue weighted by atomic mass is 10.0. The highest BCUT2D eigenvalue weighted by molar-refractivity contribution is 7.81. The standard InChI is InChI=1S/C28H40N8O7S/c1-3-8-18(35-26(41)21(37)22(44)27(42)43-4-2)24(39)34-19(11-7-12-32-28(30)31)25(40)36-20(23(29)38)13-15-14-33-17-10-6-5-9-16(15)17/h3,5-6,9-10,14,18-22,33,37,44H,1,4,7-8,11-13H2,2H3,(H2,29,38)(H,34,39)(H,35,41)(H,36,40)(H4,30,31,32)/t18-,19-,20-,21+,22-/m0/s1. The molecule has 11 N–H and O–H groups in total. The highest BCUT2D eigenvalue weighted by Gasteiger charge is 2.34. The number of primary amides is 1. The Morgan fingerprint density at radius 1 is 1.05 bits per heavy atom. The van der Waals surface area contributed by atoms with Gasteiger partial charge in [0.15, 0.2) is 12.1 Å². The van der Waals surface area contributed by atoms with Gasteiger partial charge in [-0.25, -0.2) is 0 Å². The zero-order valence-electron chi connectivity index (χ0n) is 24.3. The first-order chi connectivity index (χ1) is 20.9. The van der Waals surface area contributed by atoms with Gasteiger partial charge in [0, 0.05) is 30.1 Å². The Balaban J connectivity index is 2.21. The highest BCUT2D eigenvalue weighted by Crippen LogP contribution is 2.19. The summed E-state index contributed by atoms with van der Waals surface area (Å²) in [5, 5.41) is 17.1. The van der Waals surface area contributed by atoms with E-state index in [4.69, 9.17) is 21.9 Å². The molecule has 44 heavy (non-hydrogen) atoms. The molecule has 16 heteroatoms. The second kappa shape index (κ2) is 17.5. The monoisotopic (exact) mass is 632 g/mol. The van der Waals surface area contributed by atoms with Gasteiger partial charge in [0.2, 0.25) is 17.7 Å². The Bertz CT molecular complexity index is 1360. The minimum Gasteiger partial charge on any atom is -0.465 e. The number of rotatable bonds is 18. The van der Waals surface area contributed by atoms with Gasteiger partial charge in [0.1, 0.15) is 23.4 Å². The maximum Gasteiger partial charge on any atom is 0.322 e. The fourth-order valence-corrected chi connectivity index (χ4v) is 4.43. The van der Waals surface area contributed by atoms with Crippen LogP contribution in [0.4, 0.5) is 0 Å². The van der Waals surface area contributed by atoms with Gasteiger partial charge in [-0.3, -0.25) is 29.0 Å². The number of ether oxygens (including phenoxy) is 1. The summed E-state index contributed by atoms with van der Waals surface area (Å²) in [6, 6.07) is 3.81. The molecule has 0 radical (unpaired) electrons. The van der Waals surface area contributed by atoms with Crippen LogP contribution in [0.5, 0.6) is 0 Å². The maximum atomic E-state index is 13.4. The van der Waals surface area contributed by atoms with E-state index in [0.29, 0.717) is 0 Å². The number of aliphatic hydroxyl groups is 1. The van der Waals surface area contributed by atoms with Gasteiger partial charge in [-0.05, 0) is 37.8 Å². The number of thiol groups is 1. The molecule has 1 heterocycles. The van der Waals surface area contributed by atoms with Crippen LogP contribution in [0.15, 0.2) is 48.1 Å². The Morgan fingerprint density at radius 3 is 2.32 bits per heavy atom. The molecular weight excluding hydrogens is 592 g/mol. The molecule has 240 valence electrons. The molecule has 4 amide bonds. The number of guanidine groups is 1. The first-order valence-electron chi connectivity index (χ1n) is 13.8. The zero-order chi connectivity index (χ0) is 32.8. The molecule has 2 rings (SSSR count). The summed E-state index contributed by atoms with van der Waals surface area (Å²) in [5.74, 6) is -4.44. The van der Waals surface area contributed by atoms with Gasteiger partial charge in [-0.15, -0.1) is 6.58 Å². The van der Waals surface area contributed by atoms with Crippen molar-refractivity contribution in [1.82, 2.24) is 20.9 Å². The van der Waals surface area contributed by atoms with Crippen molar-refractivity contribution in [2.45, 2.75) is 62.1 Å². The number of fused-ring (bicyclic) bond motifs is 1. The molecule has 15 nitrogen and oxygen atoms in total. The number of amides is 4. The number of aliphatic imine (C=N–C) groups is 1. The number of nitrogens with two attached hydrogens (primary N) is 3. The van der Waals surface area contributed by atoms with Gasteiger partial charge < -0.3 is 48.0 Å². The first-order valence-corrected chi connectivity index (χ1v) is 14.4. The number of aliphatic hydroxyl groups excluding tert-OH is 1. The number of esters is 1. The van der Waals surface area contributed by atoms with Crippen LogP contribution in [-0.2, 0) is 35.1 Å². The van der Waals surface area contributed by atoms with Gasteiger partial charge >= 0.3 is 5.97 Å². The molecule has 1 aromatic carbocycles. The van der Waals surface area contributed by atoms with Gasteiger partial charge in [0.25, 0.3) is 5.91 Å². The fraction of sp³-hybridized carbons (Fsp3) is 0.429. The van der Waals surface area contributed by atoms with Crippen LogP contribution >= 0.6 is 12.6 Å². The zero-order valence-corrected chi connectivity index (χ0v) is 25.2. The van der Waals surface area contributed by atoms with Gasteiger partial charge in [-0.2, -0.15) is 12.6 Å². The van der Waals surface area contributed by atoms with Gasteiger partial charge in [-0.1, -0.05) is 24.3 Å². The molecule has 0 bridgehead atoms. The minimum atomic E-state index is -1.93. The lowest BCUT2D eigenvalue weighted by Crippen LogP contribution is -2.57. The van der Waals surface area contributed by atoms with Crippen LogP contribution in [0.3, 0.4) is 0 Å². The van der Waals surface area contributed by atoms with Crippen LogP contribution < -0.4 is 33.2 Å². The molecule has 0 saturated heterocycles. The van der Waals surface area contributed by atoms with Crippen LogP contribution in [0.1, 0.15) is 31.7 Å². The number of nitrogens with zero attached hydrogens (tertiary/aromatic N) is 1. The van der Waals surface area contributed by atoms with E-state index in [1.165, 1.54) is 6.08 Å². The van der Waals surface area contributed by atoms with Crippen molar-refractivity contribution >= 4 is 59.1 Å². The summed E-state index contributed by atoms with van der Waals surface area (Å²) in [7, 11) is 0. The van der Waals surface area contributed by atoms with Crippen LogP contribution in [-0.4, -0.2) is 88.3 Å². The van der Waals surface area contributed by atoms with E-state index >= 15 is 0 Å². The van der Waals surface area contributed by atoms with Crippen molar-refractivity contribution in [3.8, 4) is 0 Å². The summed E-state index contributed by atoms with van der Waals surface area (Å²) in [6.07, 6.45) is 1.43. The van der Waals surface area contributed by atoms with E-state index in [-0.39, 0.29) is 44.8 Å². The summed E-state index contributed by atoms with van der Waals surface area (Å²) < 4.78 is 4.76. The Labute approximate surface area is 259 Å². The average molecular weight is 633 g/mol. The number of carbonyl (C=O) groups excluding carboxylic acids is 5. The van der Waals surface area contributed by atoms with E-state index in [1.807, 2.05) is 24.3 Å². The largest absolute Gasteiger partial charge is 0.465 e. The molecule has 0 saturated carbocycles. The fourth-order valence-electron chi connectivity index (χ4n) is 4.22. The van der Waals surface area contributed by atoms with Crippen LogP contribution in [0, 0.1) is 0 Å². The molecule has 1 aromatic heterocycles. The normalized spacial score (nSPS) is 14.2. The van der Waals surface area contributed by atoms with Crippen LogP contribution in [0.25, 0.3) is 10.9 Å². The molecule has 0 aliphatic carbocycles. The number of carbonyl (C=O) groups is 5. The second-order valence-corrected chi connectivity index (χ2v) is 10.3. The highest BCUT2D eigenvalue weighted by atomic mass is 32.1. The third-order valence-electron chi connectivity index (χ3n) is 6.47. The maximum absolute atomic E-state index is 13.4. The molecule has 0 aliphatic heterocycles. The molecule has 2 aromatic rings. The lowest BCUT2D eigenvalue weighted by molar-refractivity contribution is -0.148. The van der Waals surface area contributed by atoms with E-state index in [1.54, 1.807) is 13.1 Å². The van der Waals surface area contributed by atoms with Crippen LogP contribution in [0.2, 0.25) is 0 Å². The summed E-state index contributed by atoms with van der Waals surface area (Å²) in [4.78, 5) is 70.5. The van der Waals surface area contributed by atoms with Crippen molar-refractivity contribution in [1.29, 1.82) is 0 Å². The molecular formula is C28H40N8O7S. The Kier molecular flexibility index (Phi) is 14.2. The Morgan fingerprint density at radius 2 is 1.68 bits per heavy atom. The number of para-hydroxylation sites is 1. The summed E-state index contributed by atoms with van der Waals surface area (Å²) >= 11 is 3.94. The SMILES string of the molecule is C=CC[C@H](NC(=O)[C@H](O)[C@H](S)C(=O)OCC)C(=O)N[C@@H](CCCN=C(N)N)C(=O)N[C@@H](Cc1c[nH]c2ccccc12)C(N)=O. The van der Waals surface area contributed by atoms with Crippen molar-refractivity contribution in [2.75, 3.05) is 13.2 Å². The Hall–Kier alpha value is -4.57. The third kappa shape index (κ3) is 10.6. The molecule has 0 aliphatic rings. The number of H-pyrrole nitrogens is 1.